The lowest BCUT2D eigenvalue weighted by atomic mass is 10.1. The van der Waals surface area contributed by atoms with Crippen LogP contribution < -0.4 is 5.73 Å². The second kappa shape index (κ2) is 3.38. The van der Waals surface area contributed by atoms with Gasteiger partial charge in [0.2, 0.25) is 0 Å². The highest BCUT2D eigenvalue weighted by Gasteiger charge is 2.05. The number of H-pyrrole nitrogens is 1. The third-order valence-electron chi connectivity index (χ3n) is 2.13. The minimum absolute atomic E-state index is 0.753. The molecule has 0 spiro atoms. The summed E-state index contributed by atoms with van der Waals surface area (Å²) in [5.41, 5.74) is 7.29. The summed E-state index contributed by atoms with van der Waals surface area (Å²) in [6.07, 6.45) is 3.05. The van der Waals surface area contributed by atoms with Crippen molar-refractivity contribution in [2.24, 2.45) is 10.7 Å². The van der Waals surface area contributed by atoms with Crippen LogP contribution in [-0.4, -0.2) is 11.3 Å². The van der Waals surface area contributed by atoms with Crippen molar-refractivity contribution in [1.82, 2.24) is 4.98 Å². The Morgan fingerprint density at radius 3 is 2.86 bits per heavy atom. The summed E-state index contributed by atoms with van der Waals surface area (Å²) in [6.45, 7) is 3.76. The van der Waals surface area contributed by atoms with Gasteiger partial charge in [-0.05, 0) is 6.07 Å². The van der Waals surface area contributed by atoms with Crippen LogP contribution in [0, 0.1) is 0 Å². The average molecular weight is 185 g/mol. The Kier molecular flexibility index (Phi) is 2.07. The highest BCUT2D eigenvalue weighted by atomic mass is 14.9. The molecule has 70 valence electrons. The number of para-hydroxylation sites is 1. The fourth-order valence-electron chi connectivity index (χ4n) is 1.53. The molecule has 3 heteroatoms. The molecule has 0 radical (unpaired) electrons. The van der Waals surface area contributed by atoms with Gasteiger partial charge in [-0.3, -0.25) is 0 Å². The van der Waals surface area contributed by atoms with Gasteiger partial charge in [0.15, 0.2) is 0 Å². The lowest BCUT2D eigenvalue weighted by Gasteiger charge is -1.90. The van der Waals surface area contributed by atoms with Crippen molar-refractivity contribution in [3.05, 3.63) is 36.4 Å². The number of nitrogens with two attached hydrogens (primary N) is 1. The Labute approximate surface area is 82.0 Å². The normalized spacial score (nSPS) is 11.1. The van der Waals surface area contributed by atoms with Gasteiger partial charge in [0.1, 0.15) is 5.82 Å². The van der Waals surface area contributed by atoms with E-state index < -0.39 is 0 Å². The molecular weight excluding hydrogens is 174 g/mol. The molecule has 1 heterocycles. The third kappa shape index (κ3) is 1.19. The van der Waals surface area contributed by atoms with E-state index in [0.29, 0.717) is 0 Å². The Hall–Kier alpha value is -2.03. The van der Waals surface area contributed by atoms with Gasteiger partial charge in [-0.15, -0.1) is 0 Å². The second-order valence-electron chi connectivity index (χ2n) is 2.92. The molecule has 0 fully saturated rings. The Bertz CT molecular complexity index is 494. The van der Waals surface area contributed by atoms with Crippen LogP contribution in [-0.2, 0) is 0 Å². The number of nitrogens with zero attached hydrogens (tertiary/aromatic N) is 1. The number of rotatable bonds is 2. The first-order valence-corrected chi connectivity index (χ1v) is 4.34. The van der Waals surface area contributed by atoms with E-state index >= 15 is 0 Å². The van der Waals surface area contributed by atoms with E-state index in [1.54, 1.807) is 6.08 Å². The number of nitrogens with one attached hydrogen (secondary N) is 1. The van der Waals surface area contributed by atoms with Crippen molar-refractivity contribution in [3.8, 4) is 0 Å². The summed E-state index contributed by atoms with van der Waals surface area (Å²) in [6, 6.07) is 7.98. The SMILES string of the molecule is C=Cc1c(/N=C\N)[nH]c2ccccc12. The summed E-state index contributed by atoms with van der Waals surface area (Å²) in [7, 11) is 0. The predicted octanol–water partition coefficient (Wildman–Crippen LogP) is 2.43. The van der Waals surface area contributed by atoms with Gasteiger partial charge in [-0.2, -0.15) is 0 Å². The molecule has 14 heavy (non-hydrogen) atoms. The van der Waals surface area contributed by atoms with E-state index in [-0.39, 0.29) is 0 Å². The molecule has 2 aromatic rings. The van der Waals surface area contributed by atoms with Crippen molar-refractivity contribution in [2.75, 3.05) is 0 Å². The number of aliphatic imine (C=N–C) groups is 1. The summed E-state index contributed by atoms with van der Waals surface area (Å²) < 4.78 is 0. The first kappa shape index (κ1) is 8.56. The summed E-state index contributed by atoms with van der Waals surface area (Å²) in [4.78, 5) is 7.21. The first-order valence-electron chi connectivity index (χ1n) is 4.34. The smallest absolute Gasteiger partial charge is 0.140 e. The van der Waals surface area contributed by atoms with E-state index in [0.717, 1.165) is 22.3 Å². The molecule has 3 nitrogen and oxygen atoms in total. The second-order valence-corrected chi connectivity index (χ2v) is 2.92. The number of aromatic amines is 1. The van der Waals surface area contributed by atoms with Gasteiger partial charge >= 0.3 is 0 Å². The summed E-state index contributed by atoms with van der Waals surface area (Å²) >= 11 is 0. The number of benzene rings is 1. The maximum absolute atomic E-state index is 5.26. The molecule has 0 aliphatic heterocycles. The number of hydrogen-bond donors (Lipinski definition) is 2. The van der Waals surface area contributed by atoms with Crippen molar-refractivity contribution >= 4 is 29.1 Å². The topological polar surface area (TPSA) is 54.2 Å². The number of hydrogen-bond acceptors (Lipinski definition) is 1. The van der Waals surface area contributed by atoms with Crippen molar-refractivity contribution in [3.63, 3.8) is 0 Å². The van der Waals surface area contributed by atoms with Gasteiger partial charge in [0, 0.05) is 16.5 Å². The van der Waals surface area contributed by atoms with Crippen LogP contribution in [0.1, 0.15) is 5.56 Å². The minimum atomic E-state index is 0.753. The van der Waals surface area contributed by atoms with Crippen LogP contribution >= 0.6 is 0 Å². The molecule has 0 saturated heterocycles. The van der Waals surface area contributed by atoms with Crippen LogP contribution in [0.25, 0.3) is 17.0 Å². The van der Waals surface area contributed by atoms with Crippen molar-refractivity contribution in [1.29, 1.82) is 0 Å². The summed E-state index contributed by atoms with van der Waals surface area (Å²) in [5, 5.41) is 1.11. The largest absolute Gasteiger partial charge is 0.390 e. The monoisotopic (exact) mass is 185 g/mol. The zero-order valence-corrected chi connectivity index (χ0v) is 7.70. The number of fused-ring (bicyclic) bond motifs is 1. The molecule has 0 unspecified atom stereocenters. The van der Waals surface area contributed by atoms with Crippen LogP contribution in [0.3, 0.4) is 0 Å². The minimum Gasteiger partial charge on any atom is -0.390 e. The zero-order chi connectivity index (χ0) is 9.97. The van der Waals surface area contributed by atoms with Crippen LogP contribution in [0.4, 0.5) is 5.82 Å². The highest BCUT2D eigenvalue weighted by Crippen LogP contribution is 2.28. The molecule has 0 amide bonds. The van der Waals surface area contributed by atoms with Gasteiger partial charge in [-0.1, -0.05) is 30.9 Å². The number of aromatic nitrogens is 1. The van der Waals surface area contributed by atoms with Crippen molar-refractivity contribution in [2.45, 2.75) is 0 Å². The third-order valence-corrected chi connectivity index (χ3v) is 2.13. The first-order chi connectivity index (χ1) is 6.86. The van der Waals surface area contributed by atoms with E-state index in [2.05, 4.69) is 16.6 Å². The fraction of sp³-hybridized carbons (Fsp3) is 0. The van der Waals surface area contributed by atoms with E-state index in [4.69, 9.17) is 5.73 Å². The molecule has 0 aliphatic carbocycles. The maximum Gasteiger partial charge on any atom is 0.140 e. The predicted molar refractivity (Wildman–Crippen MR) is 60.7 cm³/mol. The summed E-state index contributed by atoms with van der Waals surface area (Å²) in [5.74, 6) is 0.753. The average Bonchev–Trinajstić information content (AvgIpc) is 2.55. The van der Waals surface area contributed by atoms with E-state index in [1.807, 2.05) is 24.3 Å². The van der Waals surface area contributed by atoms with Gasteiger partial charge in [0.25, 0.3) is 0 Å². The molecule has 0 atom stereocenters. The van der Waals surface area contributed by atoms with Crippen LogP contribution in [0.2, 0.25) is 0 Å². The van der Waals surface area contributed by atoms with E-state index in [1.165, 1.54) is 6.34 Å². The maximum atomic E-state index is 5.26. The molecule has 0 saturated carbocycles. The molecule has 3 N–H and O–H groups in total. The molecule has 1 aromatic heterocycles. The molecule has 1 aromatic carbocycles. The lowest BCUT2D eigenvalue weighted by Crippen LogP contribution is -1.86. The lowest BCUT2D eigenvalue weighted by molar-refractivity contribution is 1.37. The van der Waals surface area contributed by atoms with Crippen LogP contribution in [0.5, 0.6) is 0 Å². The molecule has 0 aliphatic rings. The van der Waals surface area contributed by atoms with Crippen LogP contribution in [0.15, 0.2) is 35.8 Å². The quantitative estimate of drug-likeness (QED) is 0.548. The van der Waals surface area contributed by atoms with Gasteiger partial charge < -0.3 is 10.7 Å². The fourth-order valence-corrected chi connectivity index (χ4v) is 1.53. The Morgan fingerprint density at radius 2 is 2.14 bits per heavy atom. The molecule has 2 rings (SSSR count). The molecular formula is C11H11N3. The Morgan fingerprint density at radius 1 is 1.36 bits per heavy atom. The molecule has 0 bridgehead atoms. The highest BCUT2D eigenvalue weighted by molar-refractivity contribution is 5.94. The van der Waals surface area contributed by atoms with Crippen molar-refractivity contribution < 1.29 is 0 Å². The standard InChI is InChI=1S/C11H11N3/c1-2-8-9-5-3-4-6-10(9)14-11(8)13-7-12/h2-7,14H,1H2,(H2,12,13). The Balaban J connectivity index is 2.78. The van der Waals surface area contributed by atoms with Gasteiger partial charge in [0.05, 0.1) is 6.34 Å². The van der Waals surface area contributed by atoms with Gasteiger partial charge in [-0.25, -0.2) is 4.99 Å². The van der Waals surface area contributed by atoms with E-state index in [9.17, 15) is 0 Å². The zero-order valence-electron chi connectivity index (χ0n) is 7.70.